The lowest BCUT2D eigenvalue weighted by molar-refractivity contribution is -0.112. The van der Waals surface area contributed by atoms with Crippen molar-refractivity contribution >= 4 is 16.8 Å². The van der Waals surface area contributed by atoms with E-state index in [1.54, 1.807) is 0 Å². The number of azide groups is 1. The Morgan fingerprint density at radius 3 is 2.62 bits per heavy atom. The van der Waals surface area contributed by atoms with Gasteiger partial charge >= 0.3 is 0 Å². The Hall–Kier alpha value is -0.730. The van der Waals surface area contributed by atoms with E-state index in [4.69, 9.17) is 17.1 Å². The molecular weight excluding hydrogens is 130 g/mol. The zero-order chi connectivity index (χ0) is 6.57. The van der Waals surface area contributed by atoms with Crippen LogP contribution in [0.1, 0.15) is 6.92 Å². The van der Waals surface area contributed by atoms with E-state index in [2.05, 4.69) is 10.0 Å². The predicted octanol–water partition coefficient (Wildman–Crippen LogP) is 1.45. The first-order chi connectivity index (χ1) is 3.68. The van der Waals surface area contributed by atoms with Gasteiger partial charge in [-0.25, -0.2) is 0 Å². The highest BCUT2D eigenvalue weighted by Crippen LogP contribution is 1.94. The van der Waals surface area contributed by atoms with Crippen LogP contribution in [0.5, 0.6) is 0 Å². The van der Waals surface area contributed by atoms with Crippen LogP contribution in [0.3, 0.4) is 0 Å². The highest BCUT2D eigenvalue weighted by atomic mass is 35.5. The van der Waals surface area contributed by atoms with Crippen molar-refractivity contribution in [3.05, 3.63) is 10.4 Å². The zero-order valence-electron chi connectivity index (χ0n) is 4.21. The number of hydrogen-bond acceptors (Lipinski definition) is 2. The van der Waals surface area contributed by atoms with E-state index in [-0.39, 0.29) is 0 Å². The smallest absolute Gasteiger partial charge is 0.230 e. The number of nitrogens with zero attached hydrogens (tertiary/aromatic N) is 3. The van der Waals surface area contributed by atoms with Gasteiger partial charge in [0.05, 0.1) is 0 Å². The third-order valence-corrected chi connectivity index (χ3v) is 0.869. The maximum absolute atomic E-state index is 10.0. The Kier molecular flexibility index (Phi) is 2.99. The van der Waals surface area contributed by atoms with Crippen molar-refractivity contribution in [2.45, 2.75) is 13.0 Å². The van der Waals surface area contributed by atoms with E-state index >= 15 is 0 Å². The molecule has 0 aliphatic rings. The van der Waals surface area contributed by atoms with Gasteiger partial charge in [0, 0.05) is 4.91 Å². The summed E-state index contributed by atoms with van der Waals surface area (Å²) in [6.07, 6.45) is 0. The quantitative estimate of drug-likeness (QED) is 0.243. The molecule has 0 aliphatic heterocycles. The maximum atomic E-state index is 10.0. The fraction of sp³-hybridized carbons (Fsp3) is 0.667. The molecule has 0 aromatic heterocycles. The molecule has 8 heavy (non-hydrogen) atoms. The van der Waals surface area contributed by atoms with E-state index in [0.717, 1.165) is 0 Å². The summed E-state index contributed by atoms with van der Waals surface area (Å²) >= 11 is 4.90. The van der Waals surface area contributed by atoms with Crippen LogP contribution in [-0.2, 0) is 4.79 Å². The van der Waals surface area contributed by atoms with Crippen LogP contribution in [0.2, 0.25) is 0 Å². The Morgan fingerprint density at radius 1 is 2.00 bits per heavy atom. The van der Waals surface area contributed by atoms with Gasteiger partial charge in [-0.3, -0.25) is 4.79 Å². The summed E-state index contributed by atoms with van der Waals surface area (Å²) in [5, 5.41) is 2.39. The second-order valence-corrected chi connectivity index (χ2v) is 1.56. The Bertz CT molecular complexity index is 137. The van der Waals surface area contributed by atoms with Crippen LogP contribution in [0.4, 0.5) is 0 Å². The summed E-state index contributed by atoms with van der Waals surface area (Å²) in [4.78, 5) is 12.4. The number of carbonyl (C=O) groups excluding carboxylic acids is 1. The molecule has 4 nitrogen and oxygen atoms in total. The van der Waals surface area contributed by atoms with Crippen LogP contribution in [0.15, 0.2) is 5.11 Å². The topological polar surface area (TPSA) is 65.8 Å². The lowest BCUT2D eigenvalue weighted by Crippen LogP contribution is -2.04. The van der Waals surface area contributed by atoms with Crippen molar-refractivity contribution in [2.75, 3.05) is 0 Å². The number of hydrogen-bond donors (Lipinski definition) is 0. The molecule has 0 radical (unpaired) electrons. The minimum absolute atomic E-state index is 0.636. The second kappa shape index (κ2) is 3.29. The molecule has 0 aliphatic carbocycles. The molecule has 5 heteroatoms. The van der Waals surface area contributed by atoms with Gasteiger partial charge in [0.25, 0.3) is 0 Å². The van der Waals surface area contributed by atoms with E-state index in [9.17, 15) is 4.79 Å². The molecule has 0 N–H and O–H groups in total. The van der Waals surface area contributed by atoms with Crippen molar-refractivity contribution in [1.82, 2.24) is 0 Å². The van der Waals surface area contributed by atoms with Crippen molar-refractivity contribution in [3.8, 4) is 0 Å². The first-order valence-electron chi connectivity index (χ1n) is 1.92. The highest BCUT2D eigenvalue weighted by Gasteiger charge is 2.04. The summed E-state index contributed by atoms with van der Waals surface area (Å²) in [6, 6.07) is -0.748. The van der Waals surface area contributed by atoms with Gasteiger partial charge in [-0.15, -0.1) is 0 Å². The summed E-state index contributed by atoms with van der Waals surface area (Å²) in [7, 11) is 0. The Labute approximate surface area is 51.1 Å². The minimum Gasteiger partial charge on any atom is -0.281 e. The largest absolute Gasteiger partial charge is 0.281 e. The van der Waals surface area contributed by atoms with Gasteiger partial charge in [-0.1, -0.05) is 5.11 Å². The first kappa shape index (κ1) is 7.27. The molecule has 0 spiro atoms. The molecular formula is C3H4ClN3O. The van der Waals surface area contributed by atoms with Gasteiger partial charge in [0.1, 0.15) is 6.04 Å². The number of halogens is 1. The van der Waals surface area contributed by atoms with Crippen molar-refractivity contribution in [1.29, 1.82) is 0 Å². The van der Waals surface area contributed by atoms with E-state index in [1.807, 2.05) is 0 Å². The van der Waals surface area contributed by atoms with Crippen LogP contribution < -0.4 is 0 Å². The molecule has 0 rings (SSSR count). The molecule has 0 fully saturated rings. The standard InChI is InChI=1S/C3H4ClN3O/c1-2(3(4)8)6-7-5/h2H,1H3/t2-/m0/s1. The molecule has 1 atom stereocenters. The number of carbonyl (C=O) groups is 1. The summed E-state index contributed by atoms with van der Waals surface area (Å²) in [5.74, 6) is 0. The average molecular weight is 134 g/mol. The molecule has 0 bridgehead atoms. The fourth-order valence-electron chi connectivity index (χ4n) is 0.123. The number of rotatable bonds is 2. The first-order valence-corrected chi connectivity index (χ1v) is 2.30. The maximum Gasteiger partial charge on any atom is 0.230 e. The second-order valence-electron chi connectivity index (χ2n) is 1.18. The Morgan fingerprint density at radius 2 is 2.50 bits per heavy atom. The van der Waals surface area contributed by atoms with Crippen LogP contribution >= 0.6 is 11.6 Å². The predicted molar refractivity (Wildman–Crippen MR) is 29.5 cm³/mol. The SMILES string of the molecule is C[C@H](N=[N+]=[N-])C(=O)Cl. The normalized spacial score (nSPS) is 11.8. The van der Waals surface area contributed by atoms with E-state index in [0.29, 0.717) is 0 Å². The van der Waals surface area contributed by atoms with Gasteiger partial charge in [-0.05, 0) is 24.1 Å². The van der Waals surface area contributed by atoms with Crippen molar-refractivity contribution in [2.24, 2.45) is 5.11 Å². The van der Waals surface area contributed by atoms with Gasteiger partial charge in [0.2, 0.25) is 5.24 Å². The Balaban J connectivity index is 3.82. The van der Waals surface area contributed by atoms with Gasteiger partial charge < -0.3 is 0 Å². The highest BCUT2D eigenvalue weighted by molar-refractivity contribution is 6.64. The van der Waals surface area contributed by atoms with Crippen LogP contribution in [0.25, 0.3) is 10.4 Å². The third kappa shape index (κ3) is 2.44. The van der Waals surface area contributed by atoms with Gasteiger partial charge in [-0.2, -0.15) is 0 Å². The molecule has 0 aromatic rings. The lowest BCUT2D eigenvalue weighted by Gasteiger charge is -1.89. The van der Waals surface area contributed by atoms with Crippen LogP contribution in [0, 0.1) is 0 Å². The molecule has 44 valence electrons. The van der Waals surface area contributed by atoms with E-state index < -0.39 is 11.3 Å². The molecule has 0 amide bonds. The summed E-state index contributed by atoms with van der Waals surface area (Å²) in [6.45, 7) is 1.43. The molecule has 0 heterocycles. The van der Waals surface area contributed by atoms with Gasteiger partial charge in [0.15, 0.2) is 0 Å². The molecule has 0 saturated carbocycles. The third-order valence-electron chi connectivity index (χ3n) is 0.553. The summed E-state index contributed by atoms with van der Waals surface area (Å²) in [5.41, 5.74) is 7.73. The lowest BCUT2D eigenvalue weighted by atomic mass is 10.4. The zero-order valence-corrected chi connectivity index (χ0v) is 4.96. The molecule has 0 unspecified atom stereocenters. The summed E-state index contributed by atoms with van der Waals surface area (Å²) < 4.78 is 0. The average Bonchev–Trinajstić information content (AvgIpc) is 1.67. The molecule has 0 aromatic carbocycles. The van der Waals surface area contributed by atoms with E-state index in [1.165, 1.54) is 6.92 Å². The van der Waals surface area contributed by atoms with Crippen molar-refractivity contribution in [3.63, 3.8) is 0 Å². The monoisotopic (exact) mass is 133 g/mol. The molecule has 0 saturated heterocycles. The fourth-order valence-corrected chi connectivity index (χ4v) is 0.166. The van der Waals surface area contributed by atoms with Crippen molar-refractivity contribution < 1.29 is 4.79 Å². The minimum atomic E-state index is -0.748. The van der Waals surface area contributed by atoms with Crippen LogP contribution in [-0.4, -0.2) is 11.3 Å².